The molecule has 0 fully saturated rings. The molecule has 1 nitrogen and oxygen atoms in total. The molecule has 0 atom stereocenters. The lowest BCUT2D eigenvalue weighted by Crippen LogP contribution is -1.89. The molecule has 16 heavy (non-hydrogen) atoms. The fourth-order valence-corrected chi connectivity index (χ4v) is 1.48. The van der Waals surface area contributed by atoms with Crippen LogP contribution in [-0.4, -0.2) is 5.78 Å². The predicted octanol–water partition coefficient (Wildman–Crippen LogP) is 4.60. The second-order valence-electron chi connectivity index (χ2n) is 4.06. The van der Waals surface area contributed by atoms with E-state index in [1.54, 1.807) is 13.0 Å². The van der Waals surface area contributed by atoms with Gasteiger partial charge in [0.15, 0.2) is 0 Å². The molecule has 0 aromatic carbocycles. The van der Waals surface area contributed by atoms with Gasteiger partial charge in [0.1, 0.15) is 5.78 Å². The van der Waals surface area contributed by atoms with Gasteiger partial charge in [-0.3, -0.25) is 0 Å². The molecule has 0 aliphatic carbocycles. The van der Waals surface area contributed by atoms with Crippen LogP contribution in [0.15, 0.2) is 37.0 Å². The van der Waals surface area contributed by atoms with Crippen molar-refractivity contribution in [1.82, 2.24) is 0 Å². The molecular formula is C15H24O. The summed E-state index contributed by atoms with van der Waals surface area (Å²) in [7, 11) is 0. The van der Waals surface area contributed by atoms with Gasteiger partial charge in [-0.15, -0.1) is 0 Å². The summed E-state index contributed by atoms with van der Waals surface area (Å²) in [6.07, 6.45) is 17.9. The van der Waals surface area contributed by atoms with Gasteiger partial charge in [0, 0.05) is 6.42 Å². The van der Waals surface area contributed by atoms with Crippen molar-refractivity contribution in [2.24, 2.45) is 0 Å². The number of Topliss-reactive ketones (excluding diaryl/α,β-unsaturated/α-hetero) is 1. The number of ketones is 1. The van der Waals surface area contributed by atoms with Gasteiger partial charge in [-0.25, -0.2) is 0 Å². The molecule has 0 saturated heterocycles. The van der Waals surface area contributed by atoms with Gasteiger partial charge in [0.25, 0.3) is 0 Å². The molecule has 0 aromatic heterocycles. The number of hydrogen-bond acceptors (Lipinski definition) is 1. The third kappa shape index (κ3) is 12.9. The minimum absolute atomic E-state index is 0.317. The highest BCUT2D eigenvalue weighted by Crippen LogP contribution is 2.07. The first-order valence-corrected chi connectivity index (χ1v) is 6.21. The first-order chi connectivity index (χ1) is 7.77. The Balaban J connectivity index is 3.15. The summed E-state index contributed by atoms with van der Waals surface area (Å²) in [5.74, 6) is 0.317. The Kier molecular flexibility index (Phi) is 11.1. The Morgan fingerprint density at radius 1 is 1.00 bits per heavy atom. The van der Waals surface area contributed by atoms with Crippen molar-refractivity contribution in [3.63, 3.8) is 0 Å². The average molecular weight is 220 g/mol. The quantitative estimate of drug-likeness (QED) is 0.388. The predicted molar refractivity (Wildman–Crippen MR) is 71.5 cm³/mol. The number of rotatable bonds is 10. The van der Waals surface area contributed by atoms with E-state index in [1.807, 2.05) is 12.2 Å². The van der Waals surface area contributed by atoms with E-state index in [1.165, 1.54) is 25.7 Å². The summed E-state index contributed by atoms with van der Waals surface area (Å²) in [4.78, 5) is 10.7. The minimum atomic E-state index is 0.317. The first-order valence-electron chi connectivity index (χ1n) is 6.21. The molecular weight excluding hydrogens is 196 g/mol. The van der Waals surface area contributed by atoms with E-state index in [4.69, 9.17) is 0 Å². The van der Waals surface area contributed by atoms with Gasteiger partial charge in [-0.1, -0.05) is 56.2 Å². The van der Waals surface area contributed by atoms with Crippen LogP contribution >= 0.6 is 0 Å². The van der Waals surface area contributed by atoms with Crippen molar-refractivity contribution < 1.29 is 4.79 Å². The van der Waals surface area contributed by atoms with Crippen molar-refractivity contribution >= 4 is 5.78 Å². The third-order valence-electron chi connectivity index (χ3n) is 2.39. The molecule has 90 valence electrons. The van der Waals surface area contributed by atoms with E-state index in [9.17, 15) is 4.79 Å². The van der Waals surface area contributed by atoms with Gasteiger partial charge in [0.05, 0.1) is 0 Å². The largest absolute Gasteiger partial charge is 0.300 e. The van der Waals surface area contributed by atoms with Crippen LogP contribution in [0.4, 0.5) is 0 Å². The maximum atomic E-state index is 10.7. The van der Waals surface area contributed by atoms with Gasteiger partial charge in [0.2, 0.25) is 0 Å². The first kappa shape index (κ1) is 14.9. The topological polar surface area (TPSA) is 17.1 Å². The van der Waals surface area contributed by atoms with Crippen molar-refractivity contribution in [3.05, 3.63) is 37.0 Å². The summed E-state index contributed by atoms with van der Waals surface area (Å²) in [6, 6.07) is 0. The van der Waals surface area contributed by atoms with Gasteiger partial charge in [-0.2, -0.15) is 0 Å². The van der Waals surface area contributed by atoms with Crippen molar-refractivity contribution in [1.29, 1.82) is 0 Å². The molecule has 0 N–H and O–H groups in total. The van der Waals surface area contributed by atoms with E-state index in [2.05, 4.69) is 18.7 Å². The SMILES string of the molecule is C=C/C=C/C=C\CCCCCCCC(C)=O. The van der Waals surface area contributed by atoms with Crippen LogP contribution in [0.5, 0.6) is 0 Å². The summed E-state index contributed by atoms with van der Waals surface area (Å²) in [5.41, 5.74) is 0. The zero-order valence-electron chi connectivity index (χ0n) is 10.5. The highest BCUT2D eigenvalue weighted by Gasteiger charge is 1.93. The second-order valence-corrected chi connectivity index (χ2v) is 4.06. The lowest BCUT2D eigenvalue weighted by atomic mass is 10.1. The Morgan fingerprint density at radius 3 is 2.38 bits per heavy atom. The summed E-state index contributed by atoms with van der Waals surface area (Å²) in [6.45, 7) is 5.27. The van der Waals surface area contributed by atoms with Crippen LogP contribution in [0, 0.1) is 0 Å². The van der Waals surface area contributed by atoms with Crippen LogP contribution in [0.25, 0.3) is 0 Å². The normalized spacial score (nSPS) is 11.3. The third-order valence-corrected chi connectivity index (χ3v) is 2.39. The van der Waals surface area contributed by atoms with E-state index in [0.717, 1.165) is 19.3 Å². The lowest BCUT2D eigenvalue weighted by molar-refractivity contribution is -0.117. The number of carbonyl (C=O) groups excluding carboxylic acids is 1. The Bertz CT molecular complexity index is 236. The summed E-state index contributed by atoms with van der Waals surface area (Å²) in [5, 5.41) is 0. The lowest BCUT2D eigenvalue weighted by Gasteiger charge is -1.98. The summed E-state index contributed by atoms with van der Waals surface area (Å²) >= 11 is 0. The molecule has 0 aliphatic heterocycles. The zero-order valence-corrected chi connectivity index (χ0v) is 10.5. The molecule has 0 amide bonds. The Morgan fingerprint density at radius 2 is 1.69 bits per heavy atom. The van der Waals surface area contributed by atoms with Crippen LogP contribution in [0.1, 0.15) is 51.9 Å². The molecule has 0 aromatic rings. The van der Waals surface area contributed by atoms with Crippen molar-refractivity contribution in [2.75, 3.05) is 0 Å². The molecule has 0 saturated carbocycles. The fraction of sp³-hybridized carbons (Fsp3) is 0.533. The fourth-order valence-electron chi connectivity index (χ4n) is 1.48. The monoisotopic (exact) mass is 220 g/mol. The van der Waals surface area contributed by atoms with Gasteiger partial charge >= 0.3 is 0 Å². The molecule has 1 heteroatoms. The highest BCUT2D eigenvalue weighted by atomic mass is 16.1. The molecule has 0 spiro atoms. The maximum Gasteiger partial charge on any atom is 0.129 e. The molecule has 0 rings (SSSR count). The van der Waals surface area contributed by atoms with Crippen LogP contribution in [0.3, 0.4) is 0 Å². The number of allylic oxidation sites excluding steroid dienone is 5. The zero-order chi connectivity index (χ0) is 12.1. The van der Waals surface area contributed by atoms with E-state index in [0.29, 0.717) is 5.78 Å². The van der Waals surface area contributed by atoms with Crippen molar-refractivity contribution in [3.8, 4) is 0 Å². The van der Waals surface area contributed by atoms with E-state index < -0.39 is 0 Å². The standard InChI is InChI=1S/C15H24O/c1-3-4-5-6-7-8-9-10-11-12-13-14-15(2)16/h3-7H,1,8-14H2,2H3/b5-4+,7-6-. The summed E-state index contributed by atoms with van der Waals surface area (Å²) < 4.78 is 0. The van der Waals surface area contributed by atoms with Gasteiger partial charge < -0.3 is 4.79 Å². The molecule has 0 bridgehead atoms. The van der Waals surface area contributed by atoms with Crippen molar-refractivity contribution in [2.45, 2.75) is 51.9 Å². The smallest absolute Gasteiger partial charge is 0.129 e. The number of carbonyl (C=O) groups is 1. The van der Waals surface area contributed by atoms with Crippen LogP contribution in [-0.2, 0) is 4.79 Å². The Hall–Kier alpha value is -1.11. The minimum Gasteiger partial charge on any atom is -0.300 e. The molecule has 0 heterocycles. The highest BCUT2D eigenvalue weighted by molar-refractivity contribution is 5.75. The van der Waals surface area contributed by atoms with E-state index in [-0.39, 0.29) is 0 Å². The van der Waals surface area contributed by atoms with Gasteiger partial charge in [-0.05, 0) is 26.2 Å². The second kappa shape index (κ2) is 12.0. The van der Waals surface area contributed by atoms with Crippen LogP contribution < -0.4 is 0 Å². The Labute approximate surface area is 99.9 Å². The number of hydrogen-bond donors (Lipinski definition) is 0. The van der Waals surface area contributed by atoms with E-state index >= 15 is 0 Å². The molecule has 0 aliphatic rings. The molecule has 0 radical (unpaired) electrons. The average Bonchev–Trinajstić information content (AvgIpc) is 2.25. The molecule has 0 unspecified atom stereocenters. The van der Waals surface area contributed by atoms with Crippen LogP contribution in [0.2, 0.25) is 0 Å². The maximum absolute atomic E-state index is 10.7. The number of unbranched alkanes of at least 4 members (excludes halogenated alkanes) is 5.